The Morgan fingerprint density at radius 2 is 1.80 bits per heavy atom. The summed E-state index contributed by atoms with van der Waals surface area (Å²) in [6, 6.07) is -1.25. The third-order valence-electron chi connectivity index (χ3n) is 1.13. The molecule has 0 aromatic carbocycles. The first kappa shape index (κ1) is 9.35. The summed E-state index contributed by atoms with van der Waals surface area (Å²) < 4.78 is 0. The molecule has 0 aromatic heterocycles. The number of aliphatic carboxylic acids is 1. The summed E-state index contributed by atoms with van der Waals surface area (Å²) in [5, 5.41) is 24.8. The first-order valence-corrected chi connectivity index (χ1v) is 2.86. The van der Waals surface area contributed by atoms with Gasteiger partial charge in [-0.15, -0.1) is 0 Å². The average molecular weight is 149 g/mol. The molecule has 0 amide bonds. The van der Waals surface area contributed by atoms with E-state index in [1.54, 1.807) is 13.8 Å². The quantitative estimate of drug-likeness (QED) is 0.498. The van der Waals surface area contributed by atoms with Crippen molar-refractivity contribution in [2.24, 2.45) is 5.92 Å². The molecular formula is C5H11NO4. The van der Waals surface area contributed by atoms with E-state index in [-0.39, 0.29) is 11.1 Å². The van der Waals surface area contributed by atoms with Gasteiger partial charge in [0.1, 0.15) is 0 Å². The van der Waals surface area contributed by atoms with Crippen LogP contribution in [0.15, 0.2) is 0 Å². The maximum Gasteiger partial charge on any atom is 0.326 e. The van der Waals surface area contributed by atoms with Gasteiger partial charge in [-0.05, 0) is 5.92 Å². The van der Waals surface area contributed by atoms with Crippen LogP contribution in [-0.4, -0.2) is 32.8 Å². The average Bonchev–Trinajstić information content (AvgIpc) is 1.59. The molecule has 0 rings (SSSR count). The van der Waals surface area contributed by atoms with E-state index in [4.69, 9.17) is 15.5 Å². The van der Waals surface area contributed by atoms with Crippen molar-refractivity contribution in [2.75, 3.05) is 0 Å². The maximum atomic E-state index is 10.2. The summed E-state index contributed by atoms with van der Waals surface area (Å²) in [6.45, 7) is 3.16. The minimum atomic E-state index is -1.25. The highest BCUT2D eigenvalue weighted by atomic mass is 16.8. The van der Waals surface area contributed by atoms with Gasteiger partial charge >= 0.3 is 5.97 Å². The molecule has 10 heavy (non-hydrogen) atoms. The highest BCUT2D eigenvalue weighted by Crippen LogP contribution is 2.06. The summed E-state index contributed by atoms with van der Waals surface area (Å²) in [5.74, 6) is -1.59. The van der Waals surface area contributed by atoms with Gasteiger partial charge in [-0.1, -0.05) is 19.1 Å². The molecule has 0 bridgehead atoms. The maximum absolute atomic E-state index is 10.2. The molecule has 3 N–H and O–H groups in total. The van der Waals surface area contributed by atoms with Crippen LogP contribution in [-0.2, 0) is 4.79 Å². The van der Waals surface area contributed by atoms with Crippen LogP contribution in [0, 0.1) is 5.92 Å². The zero-order valence-corrected chi connectivity index (χ0v) is 5.85. The van der Waals surface area contributed by atoms with Crippen molar-refractivity contribution >= 4 is 5.97 Å². The number of rotatable bonds is 3. The Balaban J connectivity index is 4.12. The molecule has 0 fully saturated rings. The Morgan fingerprint density at radius 3 is 1.80 bits per heavy atom. The topological polar surface area (TPSA) is 81.0 Å². The smallest absolute Gasteiger partial charge is 0.326 e. The fourth-order valence-electron chi connectivity index (χ4n) is 0.651. The normalized spacial score (nSPS) is 14.2. The number of carbonyl (C=O) groups is 1. The Labute approximate surface area is 58.4 Å². The molecule has 0 aliphatic carbocycles. The van der Waals surface area contributed by atoms with Crippen molar-refractivity contribution in [3.8, 4) is 0 Å². The zero-order chi connectivity index (χ0) is 8.31. The van der Waals surface area contributed by atoms with Gasteiger partial charge in [0.05, 0.1) is 0 Å². The van der Waals surface area contributed by atoms with Crippen molar-refractivity contribution in [1.82, 2.24) is 5.23 Å². The van der Waals surface area contributed by atoms with E-state index in [1.165, 1.54) is 0 Å². The number of hydroxylamine groups is 2. The summed E-state index contributed by atoms with van der Waals surface area (Å²) in [4.78, 5) is 10.2. The van der Waals surface area contributed by atoms with Crippen molar-refractivity contribution in [2.45, 2.75) is 19.9 Å². The Bertz CT molecular complexity index is 115. The molecular weight excluding hydrogens is 138 g/mol. The van der Waals surface area contributed by atoms with Crippen molar-refractivity contribution in [3.05, 3.63) is 0 Å². The second-order valence-corrected chi connectivity index (χ2v) is 2.35. The SMILES string of the molecule is CC(C)[C@@H](C(=O)O)N(O)O. The number of hydrogen-bond donors (Lipinski definition) is 3. The van der Waals surface area contributed by atoms with Gasteiger partial charge in [-0.2, -0.15) is 0 Å². The molecule has 0 aliphatic heterocycles. The van der Waals surface area contributed by atoms with Crippen molar-refractivity contribution in [3.63, 3.8) is 0 Å². The first-order chi connectivity index (χ1) is 4.46. The van der Waals surface area contributed by atoms with E-state index in [0.717, 1.165) is 0 Å². The largest absolute Gasteiger partial charge is 0.480 e. The molecule has 1 atom stereocenters. The van der Waals surface area contributed by atoms with E-state index < -0.39 is 12.0 Å². The summed E-state index contributed by atoms with van der Waals surface area (Å²) in [5.41, 5.74) is 0. The Hall–Kier alpha value is -0.650. The van der Waals surface area contributed by atoms with E-state index in [2.05, 4.69) is 0 Å². The zero-order valence-electron chi connectivity index (χ0n) is 5.85. The Kier molecular flexibility index (Phi) is 3.27. The molecule has 0 spiro atoms. The number of hydrogen-bond acceptors (Lipinski definition) is 4. The lowest BCUT2D eigenvalue weighted by Crippen LogP contribution is -2.40. The van der Waals surface area contributed by atoms with Gasteiger partial charge in [0, 0.05) is 0 Å². The number of nitrogens with zero attached hydrogens (tertiary/aromatic N) is 1. The van der Waals surface area contributed by atoms with Gasteiger partial charge in [0.15, 0.2) is 6.04 Å². The van der Waals surface area contributed by atoms with Gasteiger partial charge < -0.3 is 5.11 Å². The van der Waals surface area contributed by atoms with E-state index in [1.807, 2.05) is 0 Å². The van der Waals surface area contributed by atoms with Crippen LogP contribution >= 0.6 is 0 Å². The standard InChI is InChI=1S/C5H11NO4/c1-3(2)4(5(7)8)6(9)10/h3-4,9-10H,1-2H3,(H,7,8)/t4-/m0/s1. The van der Waals surface area contributed by atoms with Gasteiger partial charge in [-0.3, -0.25) is 15.2 Å². The number of carboxylic acids is 1. The van der Waals surface area contributed by atoms with Crippen LogP contribution in [0.3, 0.4) is 0 Å². The fraction of sp³-hybridized carbons (Fsp3) is 0.800. The third-order valence-corrected chi connectivity index (χ3v) is 1.13. The van der Waals surface area contributed by atoms with Crippen LogP contribution in [0.5, 0.6) is 0 Å². The molecule has 0 radical (unpaired) electrons. The molecule has 0 saturated heterocycles. The second kappa shape index (κ2) is 3.50. The lowest BCUT2D eigenvalue weighted by Gasteiger charge is -2.18. The highest BCUT2D eigenvalue weighted by Gasteiger charge is 2.26. The molecule has 0 saturated carbocycles. The van der Waals surface area contributed by atoms with Crippen LogP contribution in [0.4, 0.5) is 0 Å². The molecule has 0 aromatic rings. The fourth-order valence-corrected chi connectivity index (χ4v) is 0.651. The first-order valence-electron chi connectivity index (χ1n) is 2.86. The van der Waals surface area contributed by atoms with Crippen molar-refractivity contribution < 1.29 is 20.3 Å². The predicted molar refractivity (Wildman–Crippen MR) is 31.7 cm³/mol. The monoisotopic (exact) mass is 149 g/mol. The van der Waals surface area contributed by atoms with Crippen LogP contribution in [0.1, 0.15) is 13.8 Å². The molecule has 0 unspecified atom stereocenters. The lowest BCUT2D eigenvalue weighted by molar-refractivity contribution is -0.333. The van der Waals surface area contributed by atoms with E-state index >= 15 is 0 Å². The molecule has 0 aliphatic rings. The third kappa shape index (κ3) is 2.30. The molecule has 5 heteroatoms. The summed E-state index contributed by atoms with van der Waals surface area (Å²) in [7, 11) is 0. The Morgan fingerprint density at radius 1 is 1.40 bits per heavy atom. The van der Waals surface area contributed by atoms with Gasteiger partial charge in [0.2, 0.25) is 0 Å². The van der Waals surface area contributed by atoms with E-state index in [9.17, 15) is 4.79 Å². The summed E-state index contributed by atoms with van der Waals surface area (Å²) in [6.07, 6.45) is 0. The van der Waals surface area contributed by atoms with Gasteiger partial charge in [-0.25, -0.2) is 0 Å². The number of carboxylic acid groups (broad SMARTS) is 1. The molecule has 0 heterocycles. The van der Waals surface area contributed by atoms with E-state index in [0.29, 0.717) is 0 Å². The van der Waals surface area contributed by atoms with Gasteiger partial charge in [0.25, 0.3) is 0 Å². The molecule has 5 nitrogen and oxygen atoms in total. The minimum Gasteiger partial charge on any atom is -0.480 e. The van der Waals surface area contributed by atoms with Crippen LogP contribution < -0.4 is 0 Å². The van der Waals surface area contributed by atoms with Crippen LogP contribution in [0.2, 0.25) is 0 Å². The molecule has 60 valence electrons. The summed E-state index contributed by atoms with van der Waals surface area (Å²) >= 11 is 0. The highest BCUT2D eigenvalue weighted by molar-refractivity contribution is 5.73. The second-order valence-electron chi connectivity index (χ2n) is 2.35. The van der Waals surface area contributed by atoms with Crippen molar-refractivity contribution in [1.29, 1.82) is 0 Å². The lowest BCUT2D eigenvalue weighted by atomic mass is 10.1. The van der Waals surface area contributed by atoms with Crippen LogP contribution in [0.25, 0.3) is 0 Å². The minimum absolute atomic E-state index is 0.285. The predicted octanol–water partition coefficient (Wildman–Crippen LogP) is 0.176.